The molecule has 2 aromatic heterocycles. The van der Waals surface area contributed by atoms with Gasteiger partial charge < -0.3 is 16.0 Å². The third kappa shape index (κ3) is 5.24. The van der Waals surface area contributed by atoms with Gasteiger partial charge in [-0.3, -0.25) is 19.4 Å². The van der Waals surface area contributed by atoms with Crippen LogP contribution >= 0.6 is 0 Å². The summed E-state index contributed by atoms with van der Waals surface area (Å²) in [5.41, 5.74) is 2.45. The van der Waals surface area contributed by atoms with Crippen LogP contribution in [0, 0.1) is 6.92 Å². The largest absolute Gasteiger partial charge is 0.383 e. The number of nitrogens with zero attached hydrogens (tertiary/aromatic N) is 5. The predicted octanol–water partition coefficient (Wildman–Crippen LogP) is -0.271. The Balaban J connectivity index is 1.38. The highest BCUT2D eigenvalue weighted by Gasteiger charge is 2.12. The molecule has 3 heterocycles. The summed E-state index contributed by atoms with van der Waals surface area (Å²) in [6.45, 7) is 8.94. The first-order valence-corrected chi connectivity index (χ1v) is 8.98. The summed E-state index contributed by atoms with van der Waals surface area (Å²) in [7, 11) is 0. The number of anilines is 1. The van der Waals surface area contributed by atoms with Gasteiger partial charge in [-0.15, -0.1) is 5.10 Å². The normalized spacial score (nSPS) is 15.0. The van der Waals surface area contributed by atoms with Gasteiger partial charge in [0.15, 0.2) is 5.69 Å². The lowest BCUT2D eigenvalue weighted by Gasteiger charge is -2.26. The minimum atomic E-state index is -0.202. The van der Waals surface area contributed by atoms with E-state index in [1.54, 1.807) is 23.3 Å². The maximum absolute atomic E-state index is 12.2. The zero-order valence-corrected chi connectivity index (χ0v) is 15.1. The van der Waals surface area contributed by atoms with E-state index in [2.05, 4.69) is 36.1 Å². The second-order valence-corrected chi connectivity index (χ2v) is 6.33. The Morgan fingerprint density at radius 3 is 2.92 bits per heavy atom. The van der Waals surface area contributed by atoms with Crippen LogP contribution in [0.1, 0.15) is 16.1 Å². The molecular weight excluding hydrogens is 332 g/mol. The molecule has 0 aliphatic carbocycles. The SMILES string of the molecule is Cc1cnccc1NCCNC(=O)c1cn(CCN2CCNCC2)nn1. The number of hydrogen-bond acceptors (Lipinski definition) is 7. The van der Waals surface area contributed by atoms with E-state index in [4.69, 9.17) is 0 Å². The molecule has 1 aliphatic rings. The molecule has 140 valence electrons. The summed E-state index contributed by atoms with van der Waals surface area (Å²) in [4.78, 5) is 18.6. The average Bonchev–Trinajstić information content (AvgIpc) is 3.15. The number of pyridine rings is 1. The molecule has 1 amide bonds. The molecule has 0 spiro atoms. The van der Waals surface area contributed by atoms with Crippen LogP contribution in [0.2, 0.25) is 0 Å². The van der Waals surface area contributed by atoms with Crippen LogP contribution < -0.4 is 16.0 Å². The van der Waals surface area contributed by atoms with Gasteiger partial charge in [0.1, 0.15) is 0 Å². The highest BCUT2D eigenvalue weighted by Crippen LogP contribution is 2.10. The molecule has 3 rings (SSSR count). The van der Waals surface area contributed by atoms with Gasteiger partial charge in [-0.05, 0) is 18.6 Å². The molecule has 0 aromatic carbocycles. The molecule has 0 bridgehead atoms. The highest BCUT2D eigenvalue weighted by molar-refractivity contribution is 5.91. The number of carbonyl (C=O) groups is 1. The topological polar surface area (TPSA) is 100 Å². The molecule has 9 nitrogen and oxygen atoms in total. The van der Waals surface area contributed by atoms with Gasteiger partial charge >= 0.3 is 0 Å². The van der Waals surface area contributed by atoms with E-state index in [0.717, 1.165) is 50.5 Å². The molecular formula is C17H26N8O. The Labute approximate surface area is 153 Å². The Morgan fingerprint density at radius 1 is 1.27 bits per heavy atom. The van der Waals surface area contributed by atoms with Crippen molar-refractivity contribution in [1.29, 1.82) is 0 Å². The fourth-order valence-electron chi connectivity index (χ4n) is 2.83. The maximum Gasteiger partial charge on any atom is 0.273 e. The van der Waals surface area contributed by atoms with Crippen molar-refractivity contribution in [3.05, 3.63) is 35.9 Å². The monoisotopic (exact) mass is 358 g/mol. The summed E-state index contributed by atoms with van der Waals surface area (Å²) >= 11 is 0. The standard InChI is InChI=1S/C17H26N8O/c1-14-12-19-3-2-15(14)20-4-5-21-17(26)16-13-25(23-22-16)11-10-24-8-6-18-7-9-24/h2-3,12-13,18H,4-11H2,1H3,(H,19,20)(H,21,26). The first-order valence-electron chi connectivity index (χ1n) is 8.98. The summed E-state index contributed by atoms with van der Waals surface area (Å²) in [6.07, 6.45) is 5.25. The van der Waals surface area contributed by atoms with Crippen molar-refractivity contribution in [2.75, 3.05) is 51.1 Å². The van der Waals surface area contributed by atoms with Gasteiger partial charge in [0.2, 0.25) is 0 Å². The van der Waals surface area contributed by atoms with Crippen molar-refractivity contribution in [2.24, 2.45) is 0 Å². The minimum absolute atomic E-state index is 0.202. The summed E-state index contributed by atoms with van der Waals surface area (Å²) < 4.78 is 1.73. The lowest BCUT2D eigenvalue weighted by atomic mass is 10.2. The number of nitrogens with one attached hydrogen (secondary N) is 3. The molecule has 1 aliphatic heterocycles. The van der Waals surface area contributed by atoms with Gasteiger partial charge in [-0.25, -0.2) is 0 Å². The van der Waals surface area contributed by atoms with Gasteiger partial charge in [-0.1, -0.05) is 5.21 Å². The summed E-state index contributed by atoms with van der Waals surface area (Å²) in [5.74, 6) is -0.202. The molecule has 26 heavy (non-hydrogen) atoms. The van der Waals surface area contributed by atoms with Crippen LogP contribution in [0.4, 0.5) is 5.69 Å². The smallest absolute Gasteiger partial charge is 0.273 e. The van der Waals surface area contributed by atoms with E-state index in [0.29, 0.717) is 18.8 Å². The Hall–Kier alpha value is -2.52. The molecule has 0 unspecified atom stereocenters. The fraction of sp³-hybridized carbons (Fsp3) is 0.529. The number of amides is 1. The van der Waals surface area contributed by atoms with Crippen LogP contribution in [-0.2, 0) is 6.54 Å². The summed E-state index contributed by atoms with van der Waals surface area (Å²) in [6, 6.07) is 1.92. The van der Waals surface area contributed by atoms with E-state index in [9.17, 15) is 4.79 Å². The van der Waals surface area contributed by atoms with Crippen molar-refractivity contribution >= 4 is 11.6 Å². The lowest BCUT2D eigenvalue weighted by molar-refractivity contribution is 0.0950. The quantitative estimate of drug-likeness (QED) is 0.559. The van der Waals surface area contributed by atoms with E-state index < -0.39 is 0 Å². The van der Waals surface area contributed by atoms with Crippen LogP contribution in [0.25, 0.3) is 0 Å². The third-order valence-corrected chi connectivity index (χ3v) is 4.37. The number of aryl methyl sites for hydroxylation is 1. The molecule has 0 atom stereocenters. The molecule has 1 fully saturated rings. The lowest BCUT2D eigenvalue weighted by Crippen LogP contribution is -2.44. The number of rotatable bonds is 8. The van der Waals surface area contributed by atoms with E-state index in [1.807, 2.05) is 13.0 Å². The van der Waals surface area contributed by atoms with Gasteiger partial charge in [0.25, 0.3) is 5.91 Å². The number of carbonyl (C=O) groups excluding carboxylic acids is 1. The molecule has 2 aromatic rings. The van der Waals surface area contributed by atoms with Crippen LogP contribution in [-0.4, -0.2) is 76.6 Å². The van der Waals surface area contributed by atoms with Crippen molar-refractivity contribution < 1.29 is 4.79 Å². The summed E-state index contributed by atoms with van der Waals surface area (Å²) in [5, 5.41) is 17.5. The average molecular weight is 358 g/mol. The zero-order chi connectivity index (χ0) is 18.2. The molecule has 9 heteroatoms. The van der Waals surface area contributed by atoms with Crippen LogP contribution in [0.15, 0.2) is 24.7 Å². The van der Waals surface area contributed by atoms with E-state index in [-0.39, 0.29) is 5.91 Å². The Morgan fingerprint density at radius 2 is 2.12 bits per heavy atom. The second kappa shape index (κ2) is 9.25. The molecule has 0 saturated carbocycles. The minimum Gasteiger partial charge on any atom is -0.383 e. The third-order valence-electron chi connectivity index (χ3n) is 4.37. The van der Waals surface area contributed by atoms with Crippen LogP contribution in [0.5, 0.6) is 0 Å². The van der Waals surface area contributed by atoms with Crippen molar-refractivity contribution in [3.8, 4) is 0 Å². The number of aromatic nitrogens is 4. The van der Waals surface area contributed by atoms with Crippen molar-refractivity contribution in [1.82, 2.24) is 35.5 Å². The van der Waals surface area contributed by atoms with E-state index >= 15 is 0 Å². The molecule has 0 radical (unpaired) electrons. The molecule has 3 N–H and O–H groups in total. The van der Waals surface area contributed by atoms with Crippen molar-refractivity contribution in [2.45, 2.75) is 13.5 Å². The predicted molar refractivity (Wildman–Crippen MR) is 99.1 cm³/mol. The Bertz CT molecular complexity index is 710. The van der Waals surface area contributed by atoms with E-state index in [1.165, 1.54) is 0 Å². The van der Waals surface area contributed by atoms with Crippen molar-refractivity contribution in [3.63, 3.8) is 0 Å². The zero-order valence-electron chi connectivity index (χ0n) is 15.1. The van der Waals surface area contributed by atoms with Gasteiger partial charge in [0, 0.05) is 63.9 Å². The van der Waals surface area contributed by atoms with Gasteiger partial charge in [0.05, 0.1) is 12.7 Å². The first-order chi connectivity index (χ1) is 12.7. The second-order valence-electron chi connectivity index (χ2n) is 6.33. The number of piperazine rings is 1. The van der Waals surface area contributed by atoms with Crippen LogP contribution in [0.3, 0.4) is 0 Å². The maximum atomic E-state index is 12.2. The highest BCUT2D eigenvalue weighted by atomic mass is 16.2. The Kier molecular flexibility index (Phi) is 6.50. The fourth-order valence-corrected chi connectivity index (χ4v) is 2.83. The van der Waals surface area contributed by atoms with Gasteiger partial charge in [-0.2, -0.15) is 0 Å². The number of hydrogen-bond donors (Lipinski definition) is 3. The first kappa shape index (κ1) is 18.3. The molecule has 1 saturated heterocycles.